The maximum absolute atomic E-state index is 4.87. The molecule has 0 saturated heterocycles. The minimum atomic E-state index is 0.322. The number of rotatable bonds is 4. The summed E-state index contributed by atoms with van der Waals surface area (Å²) in [7, 11) is 0. The predicted molar refractivity (Wildman–Crippen MR) is 135 cm³/mol. The molecule has 1 aliphatic heterocycles. The Morgan fingerprint density at radius 2 is 1.67 bits per heavy atom. The van der Waals surface area contributed by atoms with Crippen LogP contribution in [0.4, 0.5) is 5.82 Å². The Labute approximate surface area is 193 Å². The molecule has 1 aliphatic rings. The number of fused-ring (bicyclic) bond motifs is 3. The van der Waals surface area contributed by atoms with E-state index >= 15 is 0 Å². The molecule has 0 fully saturated rings. The van der Waals surface area contributed by atoms with Gasteiger partial charge >= 0.3 is 0 Å². The summed E-state index contributed by atoms with van der Waals surface area (Å²) in [6, 6.07) is 28.1. The summed E-state index contributed by atoms with van der Waals surface area (Å²) in [6.45, 7) is 3.21. The highest BCUT2D eigenvalue weighted by atomic mass is 15.3. The fourth-order valence-electron chi connectivity index (χ4n) is 5.29. The fraction of sp³-hybridized carbons (Fsp3) is 0.207. The number of anilines is 1. The zero-order chi connectivity index (χ0) is 22.2. The highest BCUT2D eigenvalue weighted by Gasteiger charge is 2.29. The van der Waals surface area contributed by atoms with Gasteiger partial charge in [0.15, 0.2) is 5.82 Å². The summed E-state index contributed by atoms with van der Waals surface area (Å²) >= 11 is 0. The first-order valence-corrected chi connectivity index (χ1v) is 11.8. The Bertz CT molecular complexity index is 1450. The Balaban J connectivity index is 1.53. The van der Waals surface area contributed by atoms with Gasteiger partial charge in [-0.2, -0.15) is 0 Å². The Morgan fingerprint density at radius 3 is 2.58 bits per heavy atom. The summed E-state index contributed by atoms with van der Waals surface area (Å²) in [5.74, 6) is 0.982. The van der Waals surface area contributed by atoms with E-state index in [1.807, 2.05) is 12.3 Å². The van der Waals surface area contributed by atoms with Crippen molar-refractivity contribution in [3.8, 4) is 11.3 Å². The zero-order valence-electron chi connectivity index (χ0n) is 18.8. The molecule has 1 unspecified atom stereocenters. The lowest BCUT2D eigenvalue weighted by Gasteiger charge is -2.38. The second-order valence-corrected chi connectivity index (χ2v) is 8.75. The topological polar surface area (TPSA) is 41.9 Å². The molecule has 0 N–H and O–H groups in total. The first kappa shape index (κ1) is 19.9. The van der Waals surface area contributed by atoms with Gasteiger partial charge in [0, 0.05) is 34.5 Å². The average molecular weight is 431 g/mol. The molecule has 6 rings (SSSR count). The lowest BCUT2D eigenvalue weighted by Crippen LogP contribution is -2.36. The van der Waals surface area contributed by atoms with E-state index in [0.717, 1.165) is 64.6 Å². The Hall–Kier alpha value is -3.79. The molecule has 3 heterocycles. The molecule has 0 radical (unpaired) electrons. The van der Waals surface area contributed by atoms with Crippen LogP contribution >= 0.6 is 0 Å². The van der Waals surface area contributed by atoms with Crippen molar-refractivity contribution < 1.29 is 0 Å². The van der Waals surface area contributed by atoms with Gasteiger partial charge in [0.2, 0.25) is 0 Å². The molecule has 33 heavy (non-hydrogen) atoms. The van der Waals surface area contributed by atoms with Crippen LogP contribution in [0.5, 0.6) is 0 Å². The zero-order valence-corrected chi connectivity index (χ0v) is 18.8. The van der Waals surface area contributed by atoms with Crippen LogP contribution in [-0.2, 0) is 6.42 Å². The summed E-state index contributed by atoms with van der Waals surface area (Å²) < 4.78 is 0. The molecule has 4 heteroatoms. The second kappa shape index (κ2) is 8.28. The van der Waals surface area contributed by atoms with Crippen LogP contribution in [-0.4, -0.2) is 21.7 Å². The maximum Gasteiger partial charge on any atom is 0.159 e. The van der Waals surface area contributed by atoms with Gasteiger partial charge in [0.25, 0.3) is 0 Å². The van der Waals surface area contributed by atoms with Crippen molar-refractivity contribution in [1.29, 1.82) is 0 Å². The maximum atomic E-state index is 4.87. The highest BCUT2D eigenvalue weighted by molar-refractivity contribution is 6.05. The van der Waals surface area contributed by atoms with Crippen LogP contribution < -0.4 is 4.90 Å². The first-order chi connectivity index (χ1) is 16.3. The minimum absolute atomic E-state index is 0.322. The number of nitrogens with zero attached hydrogens (tertiary/aromatic N) is 4. The van der Waals surface area contributed by atoms with E-state index < -0.39 is 0 Å². The smallest absolute Gasteiger partial charge is 0.159 e. The van der Waals surface area contributed by atoms with E-state index in [1.165, 1.54) is 11.1 Å². The molecule has 2 aromatic heterocycles. The molecule has 0 spiro atoms. The standard InChI is InChI=1S/C29H26N4/c1-2-9-26-22-13-4-3-10-20(22)17-19-33(26)29-24-15-6-5-14-23(24)28(31-32-29)25-16-7-11-21-12-8-18-30-27(21)25/h3-8,10-16,18,26H,2,9,17,19H2,1H3. The van der Waals surface area contributed by atoms with Crippen molar-refractivity contribution in [1.82, 2.24) is 15.2 Å². The van der Waals surface area contributed by atoms with Crippen LogP contribution in [0.3, 0.4) is 0 Å². The highest BCUT2D eigenvalue weighted by Crippen LogP contribution is 2.40. The van der Waals surface area contributed by atoms with E-state index in [1.54, 1.807) is 0 Å². The summed E-state index contributed by atoms with van der Waals surface area (Å²) in [4.78, 5) is 7.14. The van der Waals surface area contributed by atoms with E-state index in [-0.39, 0.29) is 0 Å². The third-order valence-electron chi connectivity index (χ3n) is 6.80. The van der Waals surface area contributed by atoms with Crippen molar-refractivity contribution >= 4 is 27.5 Å². The third kappa shape index (κ3) is 3.34. The van der Waals surface area contributed by atoms with Crippen molar-refractivity contribution in [2.24, 2.45) is 0 Å². The molecular weight excluding hydrogens is 404 g/mol. The van der Waals surface area contributed by atoms with Crippen LogP contribution in [0.15, 0.2) is 85.1 Å². The van der Waals surface area contributed by atoms with Gasteiger partial charge in [0.1, 0.15) is 5.69 Å². The van der Waals surface area contributed by atoms with Crippen LogP contribution in [0, 0.1) is 0 Å². The van der Waals surface area contributed by atoms with Crippen molar-refractivity contribution in [2.75, 3.05) is 11.4 Å². The molecule has 3 aromatic carbocycles. The summed E-state index contributed by atoms with van der Waals surface area (Å²) in [5, 5.41) is 13.1. The van der Waals surface area contributed by atoms with Crippen LogP contribution in [0.25, 0.3) is 32.9 Å². The first-order valence-electron chi connectivity index (χ1n) is 11.8. The van der Waals surface area contributed by atoms with Crippen molar-refractivity contribution in [2.45, 2.75) is 32.2 Å². The fourth-order valence-corrected chi connectivity index (χ4v) is 5.29. The lowest BCUT2D eigenvalue weighted by atomic mass is 9.89. The summed E-state index contributed by atoms with van der Waals surface area (Å²) in [5.41, 5.74) is 5.77. The largest absolute Gasteiger partial charge is 0.347 e. The number of pyridine rings is 1. The molecule has 5 aromatic rings. The second-order valence-electron chi connectivity index (χ2n) is 8.75. The molecule has 0 saturated carbocycles. The van der Waals surface area contributed by atoms with Gasteiger partial charge in [-0.05, 0) is 30.0 Å². The molecule has 162 valence electrons. The Morgan fingerprint density at radius 1 is 0.848 bits per heavy atom. The number of hydrogen-bond donors (Lipinski definition) is 0. The number of aromatic nitrogens is 3. The van der Waals surface area contributed by atoms with Gasteiger partial charge in [-0.3, -0.25) is 4.98 Å². The van der Waals surface area contributed by atoms with Gasteiger partial charge in [0.05, 0.1) is 11.6 Å². The van der Waals surface area contributed by atoms with E-state index in [2.05, 4.69) is 89.6 Å². The van der Waals surface area contributed by atoms with Gasteiger partial charge < -0.3 is 4.90 Å². The number of hydrogen-bond acceptors (Lipinski definition) is 4. The number of para-hydroxylation sites is 1. The monoisotopic (exact) mass is 430 g/mol. The molecule has 0 bridgehead atoms. The molecule has 1 atom stereocenters. The summed E-state index contributed by atoms with van der Waals surface area (Å²) in [6.07, 6.45) is 5.10. The van der Waals surface area contributed by atoms with E-state index in [0.29, 0.717) is 6.04 Å². The van der Waals surface area contributed by atoms with E-state index in [4.69, 9.17) is 10.2 Å². The lowest BCUT2D eigenvalue weighted by molar-refractivity contribution is 0.533. The SMILES string of the molecule is CCCC1c2ccccc2CCN1c1nnc(-c2cccc3cccnc23)c2ccccc12. The van der Waals surface area contributed by atoms with Crippen LogP contribution in [0.1, 0.15) is 36.9 Å². The minimum Gasteiger partial charge on any atom is -0.347 e. The van der Waals surface area contributed by atoms with Gasteiger partial charge in [-0.25, -0.2) is 0 Å². The normalized spacial score (nSPS) is 15.7. The Kier molecular flexibility index (Phi) is 4.99. The quantitative estimate of drug-likeness (QED) is 0.316. The third-order valence-corrected chi connectivity index (χ3v) is 6.80. The van der Waals surface area contributed by atoms with Crippen molar-refractivity contribution in [3.05, 3.63) is 96.2 Å². The van der Waals surface area contributed by atoms with Gasteiger partial charge in [-0.1, -0.05) is 86.1 Å². The average Bonchev–Trinajstić information content (AvgIpc) is 2.88. The van der Waals surface area contributed by atoms with Gasteiger partial charge in [-0.15, -0.1) is 10.2 Å². The van der Waals surface area contributed by atoms with E-state index in [9.17, 15) is 0 Å². The molecule has 0 amide bonds. The predicted octanol–water partition coefficient (Wildman–Crippen LogP) is 6.75. The number of benzene rings is 3. The van der Waals surface area contributed by atoms with Crippen molar-refractivity contribution in [3.63, 3.8) is 0 Å². The van der Waals surface area contributed by atoms with Crippen LogP contribution in [0.2, 0.25) is 0 Å². The molecular formula is C29H26N4. The molecule has 4 nitrogen and oxygen atoms in total. The molecule has 0 aliphatic carbocycles.